The minimum absolute atomic E-state index is 0.0852. The van der Waals surface area contributed by atoms with E-state index in [1.807, 2.05) is 0 Å². The van der Waals surface area contributed by atoms with E-state index in [2.05, 4.69) is 16.6 Å². The van der Waals surface area contributed by atoms with Gasteiger partial charge in [-0.15, -0.1) is 6.58 Å². The van der Waals surface area contributed by atoms with Crippen molar-refractivity contribution in [1.29, 1.82) is 0 Å². The summed E-state index contributed by atoms with van der Waals surface area (Å²) < 4.78 is 17.4. The van der Waals surface area contributed by atoms with Crippen LogP contribution in [0.5, 0.6) is 0 Å². The summed E-state index contributed by atoms with van der Waals surface area (Å²) in [5.74, 6) is -1.15. The average Bonchev–Trinajstić information content (AvgIpc) is 2.45. The SMILES string of the molecule is C=CCC[C@H](NC(=O)Cc1ccc(F)cc1)C(=O)OC. The lowest BCUT2D eigenvalue weighted by atomic mass is 10.1. The molecule has 1 amide bonds. The summed E-state index contributed by atoms with van der Waals surface area (Å²) in [5.41, 5.74) is 0.677. The van der Waals surface area contributed by atoms with Crippen LogP contribution in [0.2, 0.25) is 0 Å². The lowest BCUT2D eigenvalue weighted by Gasteiger charge is -2.15. The number of nitrogens with one attached hydrogen (secondary N) is 1. The number of methoxy groups -OCH3 is 1. The molecule has 5 heteroatoms. The largest absolute Gasteiger partial charge is 0.467 e. The first kappa shape index (κ1) is 15.9. The van der Waals surface area contributed by atoms with Gasteiger partial charge in [-0.3, -0.25) is 4.79 Å². The van der Waals surface area contributed by atoms with E-state index >= 15 is 0 Å². The third-order valence-corrected chi connectivity index (χ3v) is 2.76. The molecule has 108 valence electrons. The molecule has 1 aromatic rings. The predicted molar refractivity (Wildman–Crippen MR) is 73.5 cm³/mol. The Kier molecular flexibility index (Phi) is 6.43. The van der Waals surface area contributed by atoms with E-state index in [4.69, 9.17) is 0 Å². The predicted octanol–water partition coefficient (Wildman–Crippen LogP) is 1.99. The normalized spacial score (nSPS) is 11.5. The van der Waals surface area contributed by atoms with Crippen molar-refractivity contribution < 1.29 is 18.7 Å². The zero-order valence-electron chi connectivity index (χ0n) is 11.4. The molecule has 1 atom stereocenters. The van der Waals surface area contributed by atoms with Crippen molar-refractivity contribution in [2.24, 2.45) is 0 Å². The molecule has 1 aromatic carbocycles. The number of ether oxygens (including phenoxy) is 1. The second-order valence-corrected chi connectivity index (χ2v) is 4.31. The first-order valence-corrected chi connectivity index (χ1v) is 6.29. The van der Waals surface area contributed by atoms with Gasteiger partial charge in [-0.05, 0) is 30.5 Å². The molecule has 0 heterocycles. The van der Waals surface area contributed by atoms with E-state index in [0.29, 0.717) is 18.4 Å². The molecule has 0 aliphatic heterocycles. The van der Waals surface area contributed by atoms with Crippen molar-refractivity contribution >= 4 is 11.9 Å². The van der Waals surface area contributed by atoms with Crippen molar-refractivity contribution in [1.82, 2.24) is 5.32 Å². The molecule has 0 aliphatic rings. The van der Waals surface area contributed by atoms with Gasteiger partial charge in [0.1, 0.15) is 11.9 Å². The van der Waals surface area contributed by atoms with Crippen LogP contribution in [0.1, 0.15) is 18.4 Å². The van der Waals surface area contributed by atoms with Gasteiger partial charge in [0.25, 0.3) is 0 Å². The summed E-state index contributed by atoms with van der Waals surface area (Å²) >= 11 is 0. The highest BCUT2D eigenvalue weighted by Gasteiger charge is 2.20. The van der Waals surface area contributed by atoms with Crippen LogP contribution in [0.15, 0.2) is 36.9 Å². The highest BCUT2D eigenvalue weighted by Crippen LogP contribution is 2.05. The van der Waals surface area contributed by atoms with Gasteiger partial charge >= 0.3 is 5.97 Å². The molecule has 0 saturated carbocycles. The van der Waals surface area contributed by atoms with E-state index in [1.165, 1.54) is 31.4 Å². The van der Waals surface area contributed by atoms with Gasteiger partial charge in [0.05, 0.1) is 13.5 Å². The molecule has 0 saturated heterocycles. The zero-order chi connectivity index (χ0) is 15.0. The summed E-state index contributed by atoms with van der Waals surface area (Å²) in [6.07, 6.45) is 2.78. The fourth-order valence-electron chi connectivity index (χ4n) is 1.71. The third kappa shape index (κ3) is 5.22. The number of benzene rings is 1. The number of carbonyl (C=O) groups excluding carboxylic acids is 2. The van der Waals surface area contributed by atoms with Gasteiger partial charge in [-0.1, -0.05) is 18.2 Å². The molecule has 1 rings (SSSR count). The van der Waals surface area contributed by atoms with Gasteiger partial charge in [-0.25, -0.2) is 9.18 Å². The first-order chi connectivity index (χ1) is 9.56. The second-order valence-electron chi connectivity index (χ2n) is 4.31. The Hall–Kier alpha value is -2.17. The molecule has 0 aliphatic carbocycles. The Bertz CT molecular complexity index is 471. The smallest absolute Gasteiger partial charge is 0.328 e. The quantitative estimate of drug-likeness (QED) is 0.613. The summed E-state index contributed by atoms with van der Waals surface area (Å²) in [5, 5.41) is 2.61. The van der Waals surface area contributed by atoms with Gasteiger partial charge in [-0.2, -0.15) is 0 Å². The number of hydrogen-bond donors (Lipinski definition) is 1. The Morgan fingerprint density at radius 2 is 2.05 bits per heavy atom. The van der Waals surface area contributed by atoms with Crippen molar-refractivity contribution in [3.05, 3.63) is 48.3 Å². The number of halogens is 1. The molecule has 0 radical (unpaired) electrons. The number of carbonyl (C=O) groups is 2. The van der Waals surface area contributed by atoms with Crippen molar-refractivity contribution in [2.45, 2.75) is 25.3 Å². The molecule has 0 aromatic heterocycles. The number of esters is 1. The Labute approximate surface area is 117 Å². The van der Waals surface area contributed by atoms with Gasteiger partial charge in [0, 0.05) is 0 Å². The minimum Gasteiger partial charge on any atom is -0.467 e. The molecule has 1 N–H and O–H groups in total. The highest BCUT2D eigenvalue weighted by atomic mass is 19.1. The average molecular weight is 279 g/mol. The van der Waals surface area contributed by atoms with Gasteiger partial charge < -0.3 is 10.1 Å². The Morgan fingerprint density at radius 3 is 2.60 bits per heavy atom. The van der Waals surface area contributed by atoms with E-state index in [9.17, 15) is 14.0 Å². The van der Waals surface area contributed by atoms with Crippen LogP contribution in [0.4, 0.5) is 4.39 Å². The van der Waals surface area contributed by atoms with Crippen LogP contribution >= 0.6 is 0 Å². The lowest BCUT2D eigenvalue weighted by Crippen LogP contribution is -2.42. The number of amides is 1. The van der Waals surface area contributed by atoms with E-state index in [1.54, 1.807) is 6.08 Å². The third-order valence-electron chi connectivity index (χ3n) is 2.76. The van der Waals surface area contributed by atoms with E-state index in [-0.39, 0.29) is 18.1 Å². The summed E-state index contributed by atoms with van der Waals surface area (Å²) in [6, 6.07) is 4.96. The fourth-order valence-corrected chi connectivity index (χ4v) is 1.71. The molecular weight excluding hydrogens is 261 g/mol. The molecule has 0 unspecified atom stereocenters. The Morgan fingerprint density at radius 1 is 1.40 bits per heavy atom. The van der Waals surface area contributed by atoms with Crippen LogP contribution < -0.4 is 5.32 Å². The standard InChI is InChI=1S/C15H18FNO3/c1-3-4-5-13(15(19)20-2)17-14(18)10-11-6-8-12(16)9-7-11/h3,6-9,13H,1,4-5,10H2,2H3,(H,17,18)/t13-/m0/s1. The van der Waals surface area contributed by atoms with Crippen molar-refractivity contribution in [3.8, 4) is 0 Å². The van der Waals surface area contributed by atoms with Crippen LogP contribution in [0, 0.1) is 5.82 Å². The second kappa shape index (κ2) is 8.09. The maximum atomic E-state index is 12.8. The molecule has 4 nitrogen and oxygen atoms in total. The fraction of sp³-hybridized carbons (Fsp3) is 0.333. The van der Waals surface area contributed by atoms with Crippen LogP contribution in [0.25, 0.3) is 0 Å². The lowest BCUT2D eigenvalue weighted by molar-refractivity contribution is -0.145. The number of hydrogen-bond acceptors (Lipinski definition) is 3. The van der Waals surface area contributed by atoms with Crippen LogP contribution in [0.3, 0.4) is 0 Å². The van der Waals surface area contributed by atoms with Gasteiger partial charge in [0.2, 0.25) is 5.91 Å². The van der Waals surface area contributed by atoms with E-state index in [0.717, 1.165) is 0 Å². The molecular formula is C15H18FNO3. The van der Waals surface area contributed by atoms with Crippen molar-refractivity contribution in [2.75, 3.05) is 7.11 Å². The summed E-state index contributed by atoms with van der Waals surface area (Å²) in [4.78, 5) is 23.4. The first-order valence-electron chi connectivity index (χ1n) is 6.29. The molecule has 0 spiro atoms. The molecule has 0 fully saturated rings. The molecule has 20 heavy (non-hydrogen) atoms. The van der Waals surface area contributed by atoms with Crippen molar-refractivity contribution in [3.63, 3.8) is 0 Å². The molecule has 0 bridgehead atoms. The summed E-state index contributed by atoms with van der Waals surface area (Å²) in [6.45, 7) is 3.57. The topological polar surface area (TPSA) is 55.4 Å². The highest BCUT2D eigenvalue weighted by molar-refractivity contribution is 5.85. The Balaban J connectivity index is 2.58. The monoisotopic (exact) mass is 279 g/mol. The summed E-state index contributed by atoms with van der Waals surface area (Å²) in [7, 11) is 1.27. The van der Waals surface area contributed by atoms with Crippen LogP contribution in [-0.4, -0.2) is 25.0 Å². The maximum absolute atomic E-state index is 12.8. The zero-order valence-corrected chi connectivity index (χ0v) is 11.4. The van der Waals surface area contributed by atoms with E-state index < -0.39 is 12.0 Å². The maximum Gasteiger partial charge on any atom is 0.328 e. The number of rotatable bonds is 7. The number of allylic oxidation sites excluding steroid dienone is 1. The van der Waals surface area contributed by atoms with Crippen LogP contribution in [-0.2, 0) is 20.7 Å². The minimum atomic E-state index is -0.689. The van der Waals surface area contributed by atoms with Gasteiger partial charge in [0.15, 0.2) is 0 Å².